The first-order chi connectivity index (χ1) is 13.7. The number of rotatable bonds is 11. The number of nitrogens with one attached hydrogen (secondary N) is 1. The number of ether oxygens (including phenoxy) is 1. The van der Waals surface area contributed by atoms with Crippen molar-refractivity contribution in [1.29, 1.82) is 0 Å². The van der Waals surface area contributed by atoms with Gasteiger partial charge in [0.15, 0.2) is 0 Å². The molecule has 0 aliphatic heterocycles. The van der Waals surface area contributed by atoms with Crippen LogP contribution in [0.25, 0.3) is 10.9 Å². The van der Waals surface area contributed by atoms with E-state index in [0.717, 1.165) is 41.9 Å². The lowest BCUT2D eigenvalue weighted by molar-refractivity contribution is -0.142. The van der Waals surface area contributed by atoms with E-state index in [2.05, 4.69) is 10.3 Å². The molecule has 0 radical (unpaired) electrons. The molecule has 2 N–H and O–H groups in total. The molecule has 0 aliphatic carbocycles. The van der Waals surface area contributed by atoms with Gasteiger partial charge in [0, 0.05) is 36.4 Å². The maximum absolute atomic E-state index is 11.4. The SMILES string of the molecule is CCCC(Cn1ccc2cc(OCCCNc3ccccn3)ccc21)C(=O)O. The number of carbonyl (C=O) groups is 1. The van der Waals surface area contributed by atoms with E-state index in [1.807, 2.05) is 60.2 Å². The highest BCUT2D eigenvalue weighted by Gasteiger charge is 2.17. The Labute approximate surface area is 165 Å². The van der Waals surface area contributed by atoms with Gasteiger partial charge in [0.2, 0.25) is 0 Å². The van der Waals surface area contributed by atoms with Crippen LogP contribution in [0.5, 0.6) is 5.75 Å². The second-order valence-corrected chi connectivity index (χ2v) is 6.86. The number of aliphatic carboxylic acids is 1. The minimum absolute atomic E-state index is 0.358. The molecule has 1 aromatic carbocycles. The third-order valence-electron chi connectivity index (χ3n) is 4.71. The molecule has 1 atom stereocenters. The van der Waals surface area contributed by atoms with Gasteiger partial charge in [0.05, 0.1) is 12.5 Å². The van der Waals surface area contributed by atoms with Gasteiger partial charge in [-0.3, -0.25) is 4.79 Å². The fourth-order valence-corrected chi connectivity index (χ4v) is 3.25. The first-order valence-corrected chi connectivity index (χ1v) is 9.76. The Balaban J connectivity index is 1.52. The second kappa shape index (κ2) is 9.78. The number of aromatic nitrogens is 2. The molecule has 0 saturated carbocycles. The first-order valence-electron chi connectivity index (χ1n) is 9.76. The van der Waals surface area contributed by atoms with Crippen LogP contribution in [0, 0.1) is 5.92 Å². The van der Waals surface area contributed by atoms with E-state index in [4.69, 9.17) is 4.74 Å². The number of hydrogen-bond acceptors (Lipinski definition) is 4. The van der Waals surface area contributed by atoms with Gasteiger partial charge >= 0.3 is 5.97 Å². The average Bonchev–Trinajstić information content (AvgIpc) is 3.10. The van der Waals surface area contributed by atoms with Crippen molar-refractivity contribution in [3.05, 3.63) is 54.9 Å². The summed E-state index contributed by atoms with van der Waals surface area (Å²) in [4.78, 5) is 15.6. The number of benzene rings is 1. The summed E-state index contributed by atoms with van der Waals surface area (Å²) in [5.74, 6) is 0.602. The molecule has 0 bridgehead atoms. The van der Waals surface area contributed by atoms with E-state index in [1.54, 1.807) is 6.20 Å². The van der Waals surface area contributed by atoms with E-state index in [0.29, 0.717) is 19.6 Å². The Hall–Kier alpha value is -3.02. The van der Waals surface area contributed by atoms with Crippen molar-refractivity contribution >= 4 is 22.7 Å². The van der Waals surface area contributed by atoms with Gasteiger partial charge in [-0.05, 0) is 49.2 Å². The zero-order chi connectivity index (χ0) is 19.8. The third kappa shape index (κ3) is 5.25. The van der Waals surface area contributed by atoms with Gasteiger partial charge in [-0.25, -0.2) is 4.98 Å². The predicted molar refractivity (Wildman–Crippen MR) is 111 cm³/mol. The molecular formula is C22H27N3O3. The normalized spacial score (nSPS) is 12.0. The molecule has 148 valence electrons. The molecule has 1 unspecified atom stereocenters. The van der Waals surface area contributed by atoms with Crippen LogP contribution in [0.2, 0.25) is 0 Å². The fraction of sp³-hybridized carbons (Fsp3) is 0.364. The molecule has 2 aromatic heterocycles. The van der Waals surface area contributed by atoms with Crippen LogP contribution < -0.4 is 10.1 Å². The number of anilines is 1. The van der Waals surface area contributed by atoms with E-state index in [1.165, 1.54) is 0 Å². The Morgan fingerprint density at radius 1 is 1.29 bits per heavy atom. The molecule has 0 fully saturated rings. The highest BCUT2D eigenvalue weighted by molar-refractivity contribution is 5.82. The third-order valence-corrected chi connectivity index (χ3v) is 4.71. The van der Waals surface area contributed by atoms with Crippen molar-refractivity contribution in [3.63, 3.8) is 0 Å². The first kappa shape index (κ1) is 19.7. The maximum Gasteiger partial charge on any atom is 0.308 e. The van der Waals surface area contributed by atoms with Gasteiger partial charge in [0.1, 0.15) is 11.6 Å². The summed E-state index contributed by atoms with van der Waals surface area (Å²) in [6, 6.07) is 13.7. The predicted octanol–water partition coefficient (Wildman–Crippen LogP) is 4.42. The van der Waals surface area contributed by atoms with E-state index in [9.17, 15) is 9.90 Å². The van der Waals surface area contributed by atoms with Crippen LogP contribution >= 0.6 is 0 Å². The lowest BCUT2D eigenvalue weighted by atomic mass is 10.0. The molecule has 0 spiro atoms. The van der Waals surface area contributed by atoms with E-state index >= 15 is 0 Å². The molecule has 0 saturated heterocycles. The van der Waals surface area contributed by atoms with Crippen molar-refractivity contribution < 1.29 is 14.6 Å². The lowest BCUT2D eigenvalue weighted by Gasteiger charge is -2.13. The number of carboxylic acids is 1. The van der Waals surface area contributed by atoms with Crippen molar-refractivity contribution in [1.82, 2.24) is 9.55 Å². The molecule has 0 aliphatic rings. The summed E-state index contributed by atoms with van der Waals surface area (Å²) in [5.41, 5.74) is 1.03. The molecule has 3 aromatic rings. The summed E-state index contributed by atoms with van der Waals surface area (Å²) in [6.45, 7) is 3.92. The minimum atomic E-state index is -0.733. The molecule has 6 nitrogen and oxygen atoms in total. The Bertz CT molecular complexity index is 892. The molecule has 2 heterocycles. The summed E-state index contributed by atoms with van der Waals surface area (Å²) in [5, 5.41) is 13.7. The van der Waals surface area contributed by atoms with Crippen LogP contribution in [-0.4, -0.2) is 33.8 Å². The van der Waals surface area contributed by atoms with E-state index < -0.39 is 5.97 Å². The second-order valence-electron chi connectivity index (χ2n) is 6.86. The van der Waals surface area contributed by atoms with Crippen molar-refractivity contribution in [2.75, 3.05) is 18.5 Å². The lowest BCUT2D eigenvalue weighted by Crippen LogP contribution is -2.19. The van der Waals surface area contributed by atoms with Crippen LogP contribution in [0.3, 0.4) is 0 Å². The number of carboxylic acid groups (broad SMARTS) is 1. The van der Waals surface area contributed by atoms with Gasteiger partial charge in [0.25, 0.3) is 0 Å². The summed E-state index contributed by atoms with van der Waals surface area (Å²) in [7, 11) is 0. The average molecular weight is 381 g/mol. The molecule has 6 heteroatoms. The van der Waals surface area contributed by atoms with Gasteiger partial charge in [-0.1, -0.05) is 19.4 Å². The molecular weight excluding hydrogens is 354 g/mol. The smallest absolute Gasteiger partial charge is 0.308 e. The fourth-order valence-electron chi connectivity index (χ4n) is 3.25. The van der Waals surface area contributed by atoms with Gasteiger partial charge < -0.3 is 19.7 Å². The maximum atomic E-state index is 11.4. The topological polar surface area (TPSA) is 76.4 Å². The van der Waals surface area contributed by atoms with Crippen LogP contribution in [-0.2, 0) is 11.3 Å². The van der Waals surface area contributed by atoms with Crippen molar-refractivity contribution in [3.8, 4) is 5.75 Å². The quantitative estimate of drug-likeness (QED) is 0.481. The van der Waals surface area contributed by atoms with Crippen molar-refractivity contribution in [2.24, 2.45) is 5.92 Å². The molecule has 3 rings (SSSR count). The summed E-state index contributed by atoms with van der Waals surface area (Å²) < 4.78 is 7.87. The zero-order valence-corrected chi connectivity index (χ0v) is 16.2. The number of nitrogens with zero attached hydrogens (tertiary/aromatic N) is 2. The summed E-state index contributed by atoms with van der Waals surface area (Å²) >= 11 is 0. The molecule has 28 heavy (non-hydrogen) atoms. The summed E-state index contributed by atoms with van der Waals surface area (Å²) in [6.07, 6.45) is 6.14. The minimum Gasteiger partial charge on any atom is -0.494 e. The van der Waals surface area contributed by atoms with E-state index in [-0.39, 0.29) is 5.92 Å². The molecule has 0 amide bonds. The van der Waals surface area contributed by atoms with Gasteiger partial charge in [-0.15, -0.1) is 0 Å². The largest absolute Gasteiger partial charge is 0.494 e. The van der Waals surface area contributed by atoms with Gasteiger partial charge in [-0.2, -0.15) is 0 Å². The van der Waals surface area contributed by atoms with Crippen LogP contribution in [0.4, 0.5) is 5.82 Å². The monoisotopic (exact) mass is 381 g/mol. The zero-order valence-electron chi connectivity index (χ0n) is 16.2. The Morgan fingerprint density at radius 3 is 2.93 bits per heavy atom. The highest BCUT2D eigenvalue weighted by Crippen LogP contribution is 2.24. The Morgan fingerprint density at radius 2 is 2.18 bits per heavy atom. The standard InChI is InChI=1S/C22H27N3O3/c1-2-6-18(22(26)27)16-25-13-10-17-15-19(8-9-20(17)25)28-14-5-12-24-21-7-3-4-11-23-21/h3-4,7-11,13,15,18H,2,5-6,12,14,16H2,1H3,(H,23,24)(H,26,27). The van der Waals surface area contributed by atoms with Crippen LogP contribution in [0.1, 0.15) is 26.2 Å². The Kier molecular flexibility index (Phi) is 6.89. The van der Waals surface area contributed by atoms with Crippen molar-refractivity contribution in [2.45, 2.75) is 32.7 Å². The number of pyridine rings is 1. The van der Waals surface area contributed by atoms with Crippen LogP contribution in [0.15, 0.2) is 54.9 Å². The number of fused-ring (bicyclic) bond motifs is 1. The highest BCUT2D eigenvalue weighted by atomic mass is 16.5. The number of hydrogen-bond donors (Lipinski definition) is 2.